The summed E-state index contributed by atoms with van der Waals surface area (Å²) in [6.07, 6.45) is 5.63. The minimum atomic E-state index is -0.367. The number of esters is 1. The Labute approximate surface area is 224 Å². The summed E-state index contributed by atoms with van der Waals surface area (Å²) in [7, 11) is 0. The molecule has 4 aromatic rings. The molecule has 0 unspecified atom stereocenters. The number of rotatable bonds is 8. The van der Waals surface area contributed by atoms with Crippen LogP contribution in [0.1, 0.15) is 61.4 Å². The van der Waals surface area contributed by atoms with E-state index in [9.17, 15) is 9.59 Å². The predicted molar refractivity (Wildman–Crippen MR) is 150 cm³/mol. The molecule has 0 N–H and O–H groups in total. The Balaban J connectivity index is 1.27. The zero-order chi connectivity index (χ0) is 26.5. The molecule has 0 saturated carbocycles. The molecule has 1 aliphatic rings. The molecule has 196 valence electrons. The summed E-state index contributed by atoms with van der Waals surface area (Å²) in [5.41, 5.74) is 4.17. The molecule has 3 aromatic carbocycles. The minimum Gasteiger partial charge on any atom is -0.465 e. The molecule has 0 amide bonds. The number of carbonyl (C=O) groups is 1. The van der Waals surface area contributed by atoms with Crippen LogP contribution in [-0.2, 0) is 9.53 Å². The van der Waals surface area contributed by atoms with E-state index in [2.05, 4.69) is 17.0 Å². The van der Waals surface area contributed by atoms with Crippen LogP contribution < -0.4 is 5.69 Å². The van der Waals surface area contributed by atoms with Gasteiger partial charge < -0.3 is 4.74 Å². The molecule has 0 radical (unpaired) electrons. The highest BCUT2D eigenvalue weighted by Crippen LogP contribution is 2.33. The quantitative estimate of drug-likeness (QED) is 0.285. The van der Waals surface area contributed by atoms with Crippen molar-refractivity contribution >= 4 is 5.97 Å². The predicted octanol–water partition coefficient (Wildman–Crippen LogP) is 5.73. The lowest BCUT2D eigenvalue weighted by Crippen LogP contribution is -2.40. The van der Waals surface area contributed by atoms with Crippen molar-refractivity contribution in [3.63, 3.8) is 0 Å². The highest BCUT2D eigenvalue weighted by molar-refractivity contribution is 5.77. The fraction of sp³-hybridized carbons (Fsp3) is 0.312. The monoisotopic (exact) mass is 509 g/mol. The molecule has 38 heavy (non-hydrogen) atoms. The van der Waals surface area contributed by atoms with Gasteiger partial charge >= 0.3 is 11.7 Å². The molecule has 2 atom stereocenters. The van der Waals surface area contributed by atoms with E-state index in [1.807, 2.05) is 99.0 Å². The van der Waals surface area contributed by atoms with Crippen molar-refractivity contribution in [2.24, 2.45) is 0 Å². The number of hydrogen-bond acceptors (Lipinski definition) is 4. The van der Waals surface area contributed by atoms with E-state index in [0.29, 0.717) is 12.5 Å². The van der Waals surface area contributed by atoms with Crippen LogP contribution in [0.4, 0.5) is 0 Å². The van der Waals surface area contributed by atoms with Gasteiger partial charge in [0.15, 0.2) is 0 Å². The van der Waals surface area contributed by atoms with Gasteiger partial charge in [0.05, 0.1) is 18.3 Å². The Kier molecular flexibility index (Phi) is 7.89. The van der Waals surface area contributed by atoms with Gasteiger partial charge in [0.1, 0.15) is 6.04 Å². The smallest absolute Gasteiger partial charge is 0.333 e. The van der Waals surface area contributed by atoms with E-state index >= 15 is 0 Å². The second kappa shape index (κ2) is 11.7. The molecule has 1 aromatic heterocycles. The lowest BCUT2D eigenvalue weighted by atomic mass is 9.88. The molecular formula is C32H35N3O3. The number of ether oxygens (including phenoxy) is 1. The second-order valence-corrected chi connectivity index (χ2v) is 9.91. The van der Waals surface area contributed by atoms with Crippen LogP contribution in [-0.4, -0.2) is 39.7 Å². The molecule has 0 bridgehead atoms. The van der Waals surface area contributed by atoms with Crippen LogP contribution in [0.15, 0.2) is 102 Å². The van der Waals surface area contributed by atoms with E-state index in [1.165, 1.54) is 5.56 Å². The fourth-order valence-corrected chi connectivity index (χ4v) is 5.52. The van der Waals surface area contributed by atoms with E-state index < -0.39 is 0 Å². The number of carbonyl (C=O) groups excluding carboxylic acids is 1. The summed E-state index contributed by atoms with van der Waals surface area (Å²) >= 11 is 0. The second-order valence-electron chi connectivity index (χ2n) is 9.91. The molecule has 5 rings (SSSR count). The topological polar surface area (TPSA) is 56.5 Å². The van der Waals surface area contributed by atoms with Crippen molar-refractivity contribution in [3.05, 3.63) is 124 Å². The molecule has 1 fully saturated rings. The zero-order valence-corrected chi connectivity index (χ0v) is 22.1. The van der Waals surface area contributed by atoms with Crippen LogP contribution in [0.2, 0.25) is 0 Å². The third kappa shape index (κ3) is 5.36. The molecule has 6 heteroatoms. The first kappa shape index (κ1) is 25.7. The highest BCUT2D eigenvalue weighted by atomic mass is 16.5. The van der Waals surface area contributed by atoms with Crippen molar-refractivity contribution in [1.82, 2.24) is 14.0 Å². The van der Waals surface area contributed by atoms with Crippen LogP contribution >= 0.6 is 0 Å². The van der Waals surface area contributed by atoms with Gasteiger partial charge in [0.2, 0.25) is 0 Å². The Hall–Kier alpha value is -3.90. The Morgan fingerprint density at radius 2 is 1.47 bits per heavy atom. The number of aromatic nitrogens is 2. The van der Waals surface area contributed by atoms with Gasteiger partial charge in [0, 0.05) is 12.4 Å². The summed E-state index contributed by atoms with van der Waals surface area (Å²) < 4.78 is 8.89. The standard InChI is InChI=1S/C32H35N3O3/c1-3-38-31(36)30(28-12-8-5-9-13-28)33-20-18-27(19-21-33)26-14-16-29(17-15-26)35-23-22-34(32(35)37)24(2)25-10-6-4-7-11-25/h4-17,22-24,27,30H,3,18-21H2,1-2H3/t24-,30-/m1/s1. The maximum absolute atomic E-state index is 13.2. The molecular weight excluding hydrogens is 474 g/mol. The molecule has 0 aliphatic carbocycles. The van der Waals surface area contributed by atoms with Crippen molar-refractivity contribution in [1.29, 1.82) is 0 Å². The molecule has 1 aliphatic heterocycles. The van der Waals surface area contributed by atoms with Crippen molar-refractivity contribution in [3.8, 4) is 5.69 Å². The Morgan fingerprint density at radius 3 is 2.08 bits per heavy atom. The minimum absolute atomic E-state index is 0.0382. The lowest BCUT2D eigenvalue weighted by molar-refractivity contribution is -0.150. The van der Waals surface area contributed by atoms with Crippen molar-refractivity contribution in [2.75, 3.05) is 19.7 Å². The number of nitrogens with zero attached hydrogens (tertiary/aromatic N) is 3. The number of piperidine rings is 1. The number of imidazole rings is 1. The SMILES string of the molecule is CCOC(=O)[C@@H](c1ccccc1)N1CCC(c2ccc(-n3ccn([C@H](C)c4ccccc4)c3=O)cc2)CC1. The average molecular weight is 510 g/mol. The molecule has 2 heterocycles. The summed E-state index contributed by atoms with van der Waals surface area (Å²) in [5.74, 6) is 0.235. The summed E-state index contributed by atoms with van der Waals surface area (Å²) in [5, 5.41) is 0. The average Bonchev–Trinajstić information content (AvgIpc) is 3.35. The van der Waals surface area contributed by atoms with Gasteiger partial charge in [0.25, 0.3) is 0 Å². The van der Waals surface area contributed by atoms with Gasteiger partial charge in [-0.25, -0.2) is 9.59 Å². The van der Waals surface area contributed by atoms with Gasteiger partial charge in [-0.05, 0) is 74.5 Å². The van der Waals surface area contributed by atoms with Crippen LogP contribution in [0.25, 0.3) is 5.69 Å². The van der Waals surface area contributed by atoms with E-state index in [-0.39, 0.29) is 23.7 Å². The van der Waals surface area contributed by atoms with Crippen molar-refractivity contribution in [2.45, 2.75) is 44.7 Å². The largest absolute Gasteiger partial charge is 0.465 e. The zero-order valence-electron chi connectivity index (χ0n) is 22.1. The van der Waals surface area contributed by atoms with Crippen LogP contribution in [0.5, 0.6) is 0 Å². The van der Waals surface area contributed by atoms with E-state index in [4.69, 9.17) is 4.74 Å². The first-order chi connectivity index (χ1) is 18.6. The summed E-state index contributed by atoms with van der Waals surface area (Å²) in [6.45, 7) is 5.92. The van der Waals surface area contributed by atoms with Crippen LogP contribution in [0, 0.1) is 0 Å². The Bertz CT molecular complexity index is 1390. The normalized spacial score (nSPS) is 16.2. The maximum atomic E-state index is 13.2. The molecule has 0 spiro atoms. The number of benzene rings is 3. The van der Waals surface area contributed by atoms with Crippen LogP contribution in [0.3, 0.4) is 0 Å². The van der Waals surface area contributed by atoms with Gasteiger partial charge in [-0.3, -0.25) is 14.0 Å². The fourth-order valence-electron chi connectivity index (χ4n) is 5.52. The summed E-state index contributed by atoms with van der Waals surface area (Å²) in [4.78, 5) is 28.2. The third-order valence-corrected chi connectivity index (χ3v) is 7.67. The molecule has 6 nitrogen and oxygen atoms in total. The number of likely N-dealkylation sites (tertiary alicyclic amines) is 1. The Morgan fingerprint density at radius 1 is 0.868 bits per heavy atom. The van der Waals surface area contributed by atoms with Gasteiger partial charge in [-0.1, -0.05) is 72.8 Å². The van der Waals surface area contributed by atoms with Gasteiger partial charge in [-0.2, -0.15) is 0 Å². The number of hydrogen-bond donors (Lipinski definition) is 0. The van der Waals surface area contributed by atoms with E-state index in [1.54, 1.807) is 9.13 Å². The van der Waals surface area contributed by atoms with Crippen molar-refractivity contribution < 1.29 is 9.53 Å². The molecule has 1 saturated heterocycles. The lowest BCUT2D eigenvalue weighted by Gasteiger charge is -2.36. The summed E-state index contributed by atoms with van der Waals surface area (Å²) in [6, 6.07) is 27.9. The third-order valence-electron chi connectivity index (χ3n) is 7.67. The first-order valence-electron chi connectivity index (χ1n) is 13.5. The van der Waals surface area contributed by atoms with Gasteiger partial charge in [-0.15, -0.1) is 0 Å². The first-order valence-corrected chi connectivity index (χ1v) is 13.5. The highest BCUT2D eigenvalue weighted by Gasteiger charge is 2.32. The maximum Gasteiger partial charge on any atom is 0.333 e. The van der Waals surface area contributed by atoms with E-state index in [0.717, 1.165) is 42.7 Å².